The molecule has 0 amide bonds. The van der Waals surface area contributed by atoms with Crippen molar-refractivity contribution in [3.63, 3.8) is 0 Å². The molecule has 1 heterocycles. The van der Waals surface area contributed by atoms with Crippen molar-refractivity contribution >= 4 is 7.69 Å². The van der Waals surface area contributed by atoms with Gasteiger partial charge in [0.1, 0.15) is 5.83 Å². The van der Waals surface area contributed by atoms with Crippen molar-refractivity contribution in [1.29, 1.82) is 0 Å². The van der Waals surface area contributed by atoms with Gasteiger partial charge in [-0.05, 0) is 52.2 Å². The number of halogens is 1. The summed E-state index contributed by atoms with van der Waals surface area (Å²) in [5.41, 5.74) is 0.293. The summed E-state index contributed by atoms with van der Waals surface area (Å²) in [6.07, 6.45) is 5.63. The highest BCUT2D eigenvalue weighted by atomic mass is 19.1. The molecule has 1 aliphatic heterocycles. The quantitative estimate of drug-likeness (QED) is 0.527. The van der Waals surface area contributed by atoms with Crippen molar-refractivity contribution in [3.05, 3.63) is 36.7 Å². The Balaban J connectivity index is 0.000000367. The molecule has 0 aromatic carbocycles. The third-order valence-electron chi connectivity index (χ3n) is 3.67. The van der Waals surface area contributed by atoms with Crippen LogP contribution in [0.25, 0.3) is 0 Å². The van der Waals surface area contributed by atoms with E-state index in [9.17, 15) is 4.39 Å². The summed E-state index contributed by atoms with van der Waals surface area (Å²) in [5, 5.41) is 0. The maximum absolute atomic E-state index is 12.8. The number of allylic oxidation sites excluding steroid dienone is 4. The predicted molar refractivity (Wildman–Crippen MR) is 84.1 cm³/mol. The Morgan fingerprint density at radius 3 is 1.85 bits per heavy atom. The number of hydrogen-bond acceptors (Lipinski definition) is 2. The smallest absolute Gasteiger partial charge is 0.405 e. The fraction of sp³-hybridized carbons (Fsp3) is 0.625. The highest BCUT2D eigenvalue weighted by Gasteiger charge is 2.44. The Labute approximate surface area is 124 Å². The molecule has 0 N–H and O–H groups in total. The molecular weight excluding hydrogens is 254 g/mol. The zero-order valence-corrected chi connectivity index (χ0v) is 13.5. The maximum atomic E-state index is 12.8. The predicted octanol–water partition coefficient (Wildman–Crippen LogP) is 4.90. The first kappa shape index (κ1) is 19.1. The molecular formula is C16H27BFO2. The molecule has 0 aromatic rings. The monoisotopic (exact) mass is 281 g/mol. The Morgan fingerprint density at radius 2 is 1.60 bits per heavy atom. The minimum atomic E-state index is -0.242. The molecule has 1 radical (unpaired) electrons. The zero-order chi connectivity index (χ0) is 15.8. The Bertz CT molecular complexity index is 345. The first-order valence-corrected chi connectivity index (χ1v) is 7.02. The lowest BCUT2D eigenvalue weighted by Gasteiger charge is -2.32. The molecule has 1 rings (SSSR count). The maximum Gasteiger partial charge on any atom is 0.488 e. The van der Waals surface area contributed by atoms with Crippen LogP contribution in [-0.4, -0.2) is 18.9 Å². The Hall–Kier alpha value is -0.865. The van der Waals surface area contributed by atoms with Crippen LogP contribution in [0.1, 0.15) is 53.9 Å². The van der Waals surface area contributed by atoms with E-state index in [2.05, 4.69) is 20.1 Å². The minimum absolute atomic E-state index is 0.187. The Morgan fingerprint density at radius 1 is 1.10 bits per heavy atom. The van der Waals surface area contributed by atoms with Crippen molar-refractivity contribution in [2.45, 2.75) is 65.1 Å². The van der Waals surface area contributed by atoms with Gasteiger partial charge in [0.15, 0.2) is 0 Å². The van der Waals surface area contributed by atoms with Crippen LogP contribution in [0, 0.1) is 0 Å². The van der Waals surface area contributed by atoms with Crippen LogP contribution in [-0.2, 0) is 9.31 Å². The van der Waals surface area contributed by atoms with Gasteiger partial charge in [-0.2, -0.15) is 0 Å². The van der Waals surface area contributed by atoms with Gasteiger partial charge in [0.05, 0.1) is 11.2 Å². The van der Waals surface area contributed by atoms with E-state index in [1.165, 1.54) is 13.8 Å². The number of rotatable bonds is 5. The van der Waals surface area contributed by atoms with Crippen molar-refractivity contribution in [2.24, 2.45) is 0 Å². The largest absolute Gasteiger partial charge is 0.488 e. The third-order valence-corrected chi connectivity index (χ3v) is 3.67. The summed E-state index contributed by atoms with van der Waals surface area (Å²) in [6.45, 7) is 17.0. The van der Waals surface area contributed by atoms with E-state index in [1.54, 1.807) is 6.08 Å². The standard InChI is InChI=1S/C10H15F.C6H12BO2/c1-4-7-8-9(5-2)10(11)6-3;1-5(2)6(3,4)9-7-8-5/h5-6H,2-4,7-8H2,1H3;1-4H3/b10-9-;. The van der Waals surface area contributed by atoms with Gasteiger partial charge in [-0.3, -0.25) is 0 Å². The summed E-state index contributed by atoms with van der Waals surface area (Å²) >= 11 is 0. The second-order valence-electron chi connectivity index (χ2n) is 5.74. The fourth-order valence-electron chi connectivity index (χ4n) is 1.37. The zero-order valence-electron chi connectivity index (χ0n) is 13.5. The van der Waals surface area contributed by atoms with Crippen molar-refractivity contribution < 1.29 is 13.7 Å². The second-order valence-corrected chi connectivity index (χ2v) is 5.74. The molecule has 0 unspecified atom stereocenters. The lowest BCUT2D eigenvalue weighted by atomic mass is 9.90. The van der Waals surface area contributed by atoms with Crippen molar-refractivity contribution in [3.8, 4) is 0 Å². The van der Waals surface area contributed by atoms with Gasteiger partial charge in [0, 0.05) is 0 Å². The molecule has 0 saturated carbocycles. The lowest BCUT2D eigenvalue weighted by molar-refractivity contribution is 0.00578. The number of hydrogen-bond donors (Lipinski definition) is 0. The molecule has 0 spiro atoms. The SMILES string of the molecule is C=C/C(F)=C(\C=C)CCCC.CC1(C)O[B]OC1(C)C. The second kappa shape index (κ2) is 8.43. The number of unbranched alkanes of at least 4 members (excludes halogenated alkanes) is 1. The Kier molecular flexibility index (Phi) is 8.06. The van der Waals surface area contributed by atoms with Crippen LogP contribution >= 0.6 is 0 Å². The van der Waals surface area contributed by atoms with Crippen LogP contribution in [0.4, 0.5) is 4.39 Å². The molecule has 0 atom stereocenters. The molecule has 4 heteroatoms. The molecule has 1 aliphatic rings. The van der Waals surface area contributed by atoms with E-state index in [1.807, 2.05) is 27.7 Å². The minimum Gasteiger partial charge on any atom is -0.405 e. The van der Waals surface area contributed by atoms with E-state index < -0.39 is 0 Å². The highest BCUT2D eigenvalue weighted by Crippen LogP contribution is 2.33. The van der Waals surface area contributed by atoms with Crippen molar-refractivity contribution in [2.75, 3.05) is 0 Å². The van der Waals surface area contributed by atoms with Gasteiger partial charge in [-0.15, -0.1) is 0 Å². The molecule has 2 nitrogen and oxygen atoms in total. The topological polar surface area (TPSA) is 18.5 Å². The molecule has 1 fully saturated rings. The summed E-state index contributed by atoms with van der Waals surface area (Å²) < 4.78 is 23.2. The molecule has 1 saturated heterocycles. The molecule has 20 heavy (non-hydrogen) atoms. The third kappa shape index (κ3) is 5.64. The summed E-state index contributed by atoms with van der Waals surface area (Å²) in [4.78, 5) is 0. The van der Waals surface area contributed by atoms with Crippen LogP contribution in [0.2, 0.25) is 0 Å². The average Bonchev–Trinajstić information content (AvgIpc) is 2.63. The normalized spacial score (nSPS) is 20.1. The van der Waals surface area contributed by atoms with Gasteiger partial charge in [0.2, 0.25) is 0 Å². The van der Waals surface area contributed by atoms with E-state index in [4.69, 9.17) is 9.31 Å². The van der Waals surface area contributed by atoms with E-state index >= 15 is 0 Å². The first-order valence-electron chi connectivity index (χ1n) is 7.02. The fourth-order valence-corrected chi connectivity index (χ4v) is 1.37. The van der Waals surface area contributed by atoms with E-state index in [0.717, 1.165) is 19.3 Å². The first-order chi connectivity index (χ1) is 9.21. The summed E-state index contributed by atoms with van der Waals surface area (Å²) in [7, 11) is 1.42. The van der Waals surface area contributed by atoms with Crippen LogP contribution in [0.3, 0.4) is 0 Å². The highest BCUT2D eigenvalue weighted by molar-refractivity contribution is 6.19. The van der Waals surface area contributed by atoms with Gasteiger partial charge in [-0.1, -0.05) is 32.6 Å². The van der Waals surface area contributed by atoms with Crippen LogP contribution in [0.5, 0.6) is 0 Å². The average molecular weight is 281 g/mol. The van der Waals surface area contributed by atoms with Gasteiger partial charge < -0.3 is 9.31 Å². The van der Waals surface area contributed by atoms with Crippen LogP contribution in [0.15, 0.2) is 36.7 Å². The molecule has 0 aliphatic carbocycles. The van der Waals surface area contributed by atoms with Gasteiger partial charge in [0.25, 0.3) is 0 Å². The van der Waals surface area contributed by atoms with Crippen molar-refractivity contribution in [1.82, 2.24) is 0 Å². The van der Waals surface area contributed by atoms with E-state index in [-0.39, 0.29) is 17.0 Å². The lowest BCUT2D eigenvalue weighted by Crippen LogP contribution is -2.41. The van der Waals surface area contributed by atoms with Crippen LogP contribution < -0.4 is 0 Å². The summed E-state index contributed by atoms with van der Waals surface area (Å²) in [5.74, 6) is -0.242. The summed E-state index contributed by atoms with van der Waals surface area (Å²) in [6, 6.07) is 0. The molecule has 0 aromatic heterocycles. The van der Waals surface area contributed by atoms with Gasteiger partial charge >= 0.3 is 7.69 Å². The van der Waals surface area contributed by atoms with Gasteiger partial charge in [-0.25, -0.2) is 4.39 Å². The molecule has 0 bridgehead atoms. The van der Waals surface area contributed by atoms with E-state index in [0.29, 0.717) is 5.57 Å². The molecule has 113 valence electrons.